The van der Waals surface area contributed by atoms with Gasteiger partial charge in [0.05, 0.1) is 12.1 Å². The molecule has 0 bridgehead atoms. The molecular formula is C17H23N5O2S. The van der Waals surface area contributed by atoms with Gasteiger partial charge in [0.25, 0.3) is 0 Å². The van der Waals surface area contributed by atoms with Gasteiger partial charge in [-0.15, -0.1) is 11.3 Å². The number of nitrogens with one attached hydrogen (secondary N) is 3. The minimum atomic E-state index is -0.455. The molecule has 0 saturated carbocycles. The molecule has 2 aromatic heterocycles. The third kappa shape index (κ3) is 4.46. The molecule has 7 nitrogen and oxygen atoms in total. The van der Waals surface area contributed by atoms with E-state index in [0.29, 0.717) is 18.7 Å². The first kappa shape index (κ1) is 17.6. The summed E-state index contributed by atoms with van der Waals surface area (Å²) in [6, 6.07) is 5.79. The van der Waals surface area contributed by atoms with Crippen molar-refractivity contribution in [3.8, 4) is 0 Å². The Labute approximate surface area is 150 Å². The fourth-order valence-electron chi connectivity index (χ4n) is 2.99. The Hall–Kier alpha value is -2.19. The summed E-state index contributed by atoms with van der Waals surface area (Å²) >= 11 is 1.55. The number of amides is 2. The average molecular weight is 361 g/mol. The third-order valence-corrected chi connectivity index (χ3v) is 4.92. The maximum atomic E-state index is 12.3. The van der Waals surface area contributed by atoms with Crippen molar-refractivity contribution in [2.24, 2.45) is 0 Å². The number of rotatable bonds is 6. The minimum Gasteiger partial charge on any atom is -0.322 e. The molecule has 1 aliphatic rings. The normalized spacial score (nSPS) is 20.3. The number of aryl methyl sites for hydroxylation is 1. The van der Waals surface area contributed by atoms with E-state index < -0.39 is 6.29 Å². The maximum Gasteiger partial charge on any atom is 0.230 e. The molecule has 25 heavy (non-hydrogen) atoms. The monoisotopic (exact) mass is 361 g/mol. The zero-order chi connectivity index (χ0) is 17.8. The average Bonchev–Trinajstić information content (AvgIpc) is 3.16. The van der Waals surface area contributed by atoms with Gasteiger partial charge in [0, 0.05) is 23.4 Å². The number of nitrogens with zero attached hydrogens (tertiary/aromatic N) is 2. The van der Waals surface area contributed by atoms with Crippen LogP contribution in [0.15, 0.2) is 23.6 Å². The van der Waals surface area contributed by atoms with Gasteiger partial charge in [0.1, 0.15) is 5.82 Å². The summed E-state index contributed by atoms with van der Waals surface area (Å²) in [7, 11) is 0. The summed E-state index contributed by atoms with van der Waals surface area (Å²) in [5, 5.41) is 15.6. The molecule has 2 amide bonds. The summed E-state index contributed by atoms with van der Waals surface area (Å²) in [6.45, 7) is 3.96. The number of carbonyl (C=O) groups excluding carboxylic acids is 2. The van der Waals surface area contributed by atoms with Gasteiger partial charge in [-0.05, 0) is 24.8 Å². The van der Waals surface area contributed by atoms with Crippen molar-refractivity contribution in [2.45, 2.75) is 51.9 Å². The first-order chi connectivity index (χ1) is 12.0. The predicted molar refractivity (Wildman–Crippen MR) is 97.2 cm³/mol. The van der Waals surface area contributed by atoms with Gasteiger partial charge in [-0.3, -0.25) is 14.9 Å². The standard InChI is InChI=1S/C17H23N5O2S/c1-3-5-12-9-15(23)20-17(18-12)22-14(8-11(2)21-22)19-16(24)10-13-6-4-7-25-13/h4,6-8,12,17-18H,3,5,9-10H2,1-2H3,(H,19,24)(H,20,23). The summed E-state index contributed by atoms with van der Waals surface area (Å²) in [4.78, 5) is 25.3. The van der Waals surface area contributed by atoms with Crippen molar-refractivity contribution in [2.75, 3.05) is 5.32 Å². The second-order valence-electron chi connectivity index (χ2n) is 6.25. The summed E-state index contributed by atoms with van der Waals surface area (Å²) in [5.74, 6) is 0.469. The lowest BCUT2D eigenvalue weighted by Crippen LogP contribution is -2.53. The highest BCUT2D eigenvalue weighted by Crippen LogP contribution is 2.19. The quantitative estimate of drug-likeness (QED) is 0.736. The molecular weight excluding hydrogens is 338 g/mol. The topological polar surface area (TPSA) is 88.1 Å². The molecule has 1 aliphatic heterocycles. The SMILES string of the molecule is CCCC1CC(=O)NC(n2nc(C)cc2NC(=O)Cc2cccs2)N1. The van der Waals surface area contributed by atoms with E-state index in [2.05, 4.69) is 28.0 Å². The lowest BCUT2D eigenvalue weighted by atomic mass is 10.1. The highest BCUT2D eigenvalue weighted by Gasteiger charge is 2.28. The van der Waals surface area contributed by atoms with E-state index in [1.807, 2.05) is 30.5 Å². The smallest absolute Gasteiger partial charge is 0.230 e. The zero-order valence-electron chi connectivity index (χ0n) is 14.4. The van der Waals surface area contributed by atoms with Gasteiger partial charge >= 0.3 is 0 Å². The van der Waals surface area contributed by atoms with Crippen LogP contribution in [0.25, 0.3) is 0 Å². The van der Waals surface area contributed by atoms with Crippen LogP contribution in [0, 0.1) is 6.92 Å². The number of thiophene rings is 1. The van der Waals surface area contributed by atoms with Crippen LogP contribution < -0.4 is 16.0 Å². The Balaban J connectivity index is 1.73. The van der Waals surface area contributed by atoms with Crippen molar-refractivity contribution in [1.29, 1.82) is 0 Å². The Kier molecular flexibility index (Phi) is 5.50. The molecule has 0 radical (unpaired) electrons. The second-order valence-corrected chi connectivity index (χ2v) is 7.28. The van der Waals surface area contributed by atoms with Crippen LogP contribution in [0.5, 0.6) is 0 Å². The Bertz CT molecular complexity index is 740. The van der Waals surface area contributed by atoms with Gasteiger partial charge in [-0.25, -0.2) is 4.68 Å². The Morgan fingerprint density at radius 3 is 3.08 bits per heavy atom. The molecule has 3 rings (SSSR count). The molecule has 0 aliphatic carbocycles. The maximum absolute atomic E-state index is 12.3. The van der Waals surface area contributed by atoms with Gasteiger partial charge < -0.3 is 10.6 Å². The van der Waals surface area contributed by atoms with Crippen molar-refractivity contribution in [3.05, 3.63) is 34.2 Å². The van der Waals surface area contributed by atoms with E-state index in [1.165, 1.54) is 0 Å². The largest absolute Gasteiger partial charge is 0.322 e. The highest BCUT2D eigenvalue weighted by atomic mass is 32.1. The first-order valence-corrected chi connectivity index (χ1v) is 9.37. The summed E-state index contributed by atoms with van der Waals surface area (Å²) < 4.78 is 1.64. The Morgan fingerprint density at radius 1 is 1.52 bits per heavy atom. The molecule has 134 valence electrons. The number of hydrogen-bond acceptors (Lipinski definition) is 5. The van der Waals surface area contributed by atoms with Gasteiger partial charge in [0.15, 0.2) is 6.29 Å². The first-order valence-electron chi connectivity index (χ1n) is 8.49. The molecule has 2 atom stereocenters. The highest BCUT2D eigenvalue weighted by molar-refractivity contribution is 7.10. The molecule has 2 aromatic rings. The van der Waals surface area contributed by atoms with Crippen LogP contribution in [0.2, 0.25) is 0 Å². The van der Waals surface area contributed by atoms with E-state index in [1.54, 1.807) is 16.0 Å². The predicted octanol–water partition coefficient (Wildman–Crippen LogP) is 2.17. The van der Waals surface area contributed by atoms with Crippen LogP contribution in [0.3, 0.4) is 0 Å². The molecule has 2 unspecified atom stereocenters. The molecule has 3 N–H and O–H groups in total. The zero-order valence-corrected chi connectivity index (χ0v) is 15.2. The van der Waals surface area contributed by atoms with Crippen LogP contribution in [-0.4, -0.2) is 27.6 Å². The van der Waals surface area contributed by atoms with Crippen LogP contribution in [0.1, 0.15) is 43.0 Å². The van der Waals surface area contributed by atoms with E-state index in [0.717, 1.165) is 23.4 Å². The third-order valence-electron chi connectivity index (χ3n) is 4.05. The number of aromatic nitrogens is 2. The van der Waals surface area contributed by atoms with E-state index in [-0.39, 0.29) is 17.9 Å². The number of hydrogen-bond donors (Lipinski definition) is 3. The lowest BCUT2D eigenvalue weighted by Gasteiger charge is -2.32. The van der Waals surface area contributed by atoms with Crippen molar-refractivity contribution < 1.29 is 9.59 Å². The van der Waals surface area contributed by atoms with Gasteiger partial charge in [-0.2, -0.15) is 5.10 Å². The van der Waals surface area contributed by atoms with Crippen molar-refractivity contribution in [3.63, 3.8) is 0 Å². The van der Waals surface area contributed by atoms with Gasteiger partial charge in [0.2, 0.25) is 11.8 Å². The fraction of sp³-hybridized carbons (Fsp3) is 0.471. The van der Waals surface area contributed by atoms with Crippen molar-refractivity contribution >= 4 is 29.0 Å². The number of anilines is 1. The Morgan fingerprint density at radius 2 is 2.36 bits per heavy atom. The summed E-state index contributed by atoms with van der Waals surface area (Å²) in [5.41, 5.74) is 0.778. The van der Waals surface area contributed by atoms with Crippen LogP contribution in [-0.2, 0) is 16.0 Å². The van der Waals surface area contributed by atoms with Crippen LogP contribution >= 0.6 is 11.3 Å². The van der Waals surface area contributed by atoms with Crippen LogP contribution in [0.4, 0.5) is 5.82 Å². The number of carbonyl (C=O) groups is 2. The van der Waals surface area contributed by atoms with Crippen molar-refractivity contribution in [1.82, 2.24) is 20.4 Å². The van der Waals surface area contributed by atoms with E-state index in [9.17, 15) is 9.59 Å². The molecule has 3 heterocycles. The van der Waals surface area contributed by atoms with Gasteiger partial charge in [-0.1, -0.05) is 19.4 Å². The molecule has 1 saturated heterocycles. The molecule has 1 fully saturated rings. The lowest BCUT2D eigenvalue weighted by molar-refractivity contribution is -0.125. The van der Waals surface area contributed by atoms with E-state index >= 15 is 0 Å². The second kappa shape index (κ2) is 7.79. The molecule has 0 spiro atoms. The van der Waals surface area contributed by atoms with E-state index in [4.69, 9.17) is 0 Å². The molecule has 8 heteroatoms. The summed E-state index contributed by atoms with van der Waals surface area (Å²) in [6.07, 6.45) is 2.25. The minimum absolute atomic E-state index is 0.00813. The fourth-order valence-corrected chi connectivity index (χ4v) is 3.69. The molecule has 0 aromatic carbocycles.